The van der Waals surface area contributed by atoms with E-state index in [1.54, 1.807) is 0 Å². The molecular weight excluding hydrogens is 404 g/mol. The van der Waals surface area contributed by atoms with E-state index < -0.39 is 5.97 Å². The lowest BCUT2D eigenvalue weighted by Gasteiger charge is -2.12. The van der Waals surface area contributed by atoms with Crippen molar-refractivity contribution >= 4 is 5.97 Å². The predicted octanol–water partition coefficient (Wildman–Crippen LogP) is 11.0. The van der Waals surface area contributed by atoms with Crippen LogP contribution in [0.3, 0.4) is 0 Å². The summed E-state index contributed by atoms with van der Waals surface area (Å²) in [6.07, 6.45) is 36.6. The Bertz CT molecular complexity index is 415. The zero-order chi connectivity index (χ0) is 24.2. The van der Waals surface area contributed by atoms with Crippen LogP contribution in [0.25, 0.3) is 0 Å². The van der Waals surface area contributed by atoms with E-state index in [9.17, 15) is 9.90 Å². The highest BCUT2D eigenvalue weighted by Crippen LogP contribution is 2.20. The summed E-state index contributed by atoms with van der Waals surface area (Å²) in [6.45, 7) is 4.54. The van der Waals surface area contributed by atoms with Crippen LogP contribution in [-0.4, -0.2) is 11.1 Å². The molecule has 0 aliphatic heterocycles. The molecule has 0 aromatic carbocycles. The van der Waals surface area contributed by atoms with E-state index in [1.165, 1.54) is 135 Å². The Hall–Kier alpha value is -0.790. The van der Waals surface area contributed by atoms with Gasteiger partial charge in [0.1, 0.15) is 0 Å². The maximum absolute atomic E-state index is 11.6. The first kappa shape index (κ1) is 32.2. The highest BCUT2D eigenvalue weighted by atomic mass is 16.4. The number of carboxylic acids is 1. The molecule has 1 unspecified atom stereocenters. The van der Waals surface area contributed by atoms with E-state index in [2.05, 4.69) is 26.0 Å². The summed E-state index contributed by atoms with van der Waals surface area (Å²) in [5, 5.41) is 9.52. The average Bonchev–Trinajstić information content (AvgIpc) is 2.81. The molecule has 0 saturated heterocycles. The summed E-state index contributed by atoms with van der Waals surface area (Å²) < 4.78 is 0. The Morgan fingerprint density at radius 1 is 0.515 bits per heavy atom. The second-order valence-electron chi connectivity index (χ2n) is 10.4. The van der Waals surface area contributed by atoms with Gasteiger partial charge in [-0.1, -0.05) is 148 Å². The summed E-state index contributed by atoms with van der Waals surface area (Å²) in [5.41, 5.74) is 0. The smallest absolute Gasteiger partial charge is 0.306 e. The fraction of sp³-hybridized carbons (Fsp3) is 0.903. The minimum Gasteiger partial charge on any atom is -0.481 e. The molecule has 0 aliphatic carbocycles. The van der Waals surface area contributed by atoms with Crippen LogP contribution in [0.2, 0.25) is 0 Å². The fourth-order valence-electron chi connectivity index (χ4n) is 4.73. The van der Waals surface area contributed by atoms with Crippen LogP contribution in [0.1, 0.15) is 174 Å². The second kappa shape index (κ2) is 27.5. The van der Waals surface area contributed by atoms with Crippen molar-refractivity contribution in [1.82, 2.24) is 0 Å². The van der Waals surface area contributed by atoms with Gasteiger partial charge in [-0.25, -0.2) is 0 Å². The van der Waals surface area contributed by atoms with E-state index in [0.29, 0.717) is 0 Å². The van der Waals surface area contributed by atoms with Crippen LogP contribution in [-0.2, 0) is 4.79 Å². The molecule has 2 nitrogen and oxygen atoms in total. The van der Waals surface area contributed by atoms with Crippen LogP contribution in [0.5, 0.6) is 0 Å². The first-order valence-electron chi connectivity index (χ1n) is 15.1. The molecule has 0 heterocycles. The zero-order valence-electron chi connectivity index (χ0n) is 22.8. The third-order valence-electron chi connectivity index (χ3n) is 7.07. The predicted molar refractivity (Wildman–Crippen MR) is 147 cm³/mol. The van der Waals surface area contributed by atoms with Gasteiger partial charge < -0.3 is 5.11 Å². The number of rotatable bonds is 27. The summed E-state index contributed by atoms with van der Waals surface area (Å²) in [5.74, 6) is -0.673. The third kappa shape index (κ3) is 25.7. The molecule has 0 saturated carbocycles. The van der Waals surface area contributed by atoms with Crippen LogP contribution in [0.15, 0.2) is 12.2 Å². The lowest BCUT2D eigenvalue weighted by molar-refractivity contribution is -0.142. The molecule has 1 atom stereocenters. The van der Waals surface area contributed by atoms with Gasteiger partial charge in [-0.2, -0.15) is 0 Å². The number of hydrogen-bond donors (Lipinski definition) is 1. The highest BCUT2D eigenvalue weighted by Gasteiger charge is 2.16. The number of carboxylic acid groups (broad SMARTS) is 1. The van der Waals surface area contributed by atoms with Gasteiger partial charge >= 0.3 is 5.97 Å². The van der Waals surface area contributed by atoms with Crippen molar-refractivity contribution in [2.75, 3.05) is 0 Å². The summed E-state index contributed by atoms with van der Waals surface area (Å²) in [7, 11) is 0. The van der Waals surface area contributed by atoms with Gasteiger partial charge in [0.2, 0.25) is 0 Å². The van der Waals surface area contributed by atoms with E-state index in [0.717, 1.165) is 25.7 Å². The first-order chi connectivity index (χ1) is 16.2. The van der Waals surface area contributed by atoms with Crippen molar-refractivity contribution in [3.63, 3.8) is 0 Å². The average molecular weight is 465 g/mol. The molecular formula is C31H60O2. The number of hydrogen-bond acceptors (Lipinski definition) is 1. The molecule has 2 heteroatoms. The molecule has 33 heavy (non-hydrogen) atoms. The molecule has 0 aromatic heterocycles. The van der Waals surface area contributed by atoms with Crippen LogP contribution < -0.4 is 0 Å². The Morgan fingerprint density at radius 3 is 1.15 bits per heavy atom. The molecule has 0 amide bonds. The summed E-state index contributed by atoms with van der Waals surface area (Å²) in [4.78, 5) is 11.6. The van der Waals surface area contributed by atoms with Crippen molar-refractivity contribution < 1.29 is 9.90 Å². The van der Waals surface area contributed by atoms with Crippen molar-refractivity contribution in [2.24, 2.45) is 5.92 Å². The number of carbonyl (C=O) groups is 1. The monoisotopic (exact) mass is 464 g/mol. The third-order valence-corrected chi connectivity index (χ3v) is 7.07. The Balaban J connectivity index is 3.45. The van der Waals surface area contributed by atoms with Gasteiger partial charge in [0.05, 0.1) is 5.92 Å². The molecule has 0 aromatic rings. The fourth-order valence-corrected chi connectivity index (χ4v) is 4.73. The van der Waals surface area contributed by atoms with E-state index in [4.69, 9.17) is 0 Å². The second-order valence-corrected chi connectivity index (χ2v) is 10.4. The van der Waals surface area contributed by atoms with Crippen molar-refractivity contribution in [2.45, 2.75) is 174 Å². The number of allylic oxidation sites excluding steroid dienone is 2. The minimum atomic E-state index is -0.567. The van der Waals surface area contributed by atoms with E-state index in [1.807, 2.05) is 0 Å². The molecule has 0 aliphatic rings. The van der Waals surface area contributed by atoms with Crippen LogP contribution >= 0.6 is 0 Å². The van der Waals surface area contributed by atoms with Crippen molar-refractivity contribution in [1.29, 1.82) is 0 Å². The van der Waals surface area contributed by atoms with Crippen LogP contribution in [0.4, 0.5) is 0 Å². The Labute approximate surface area is 208 Å². The van der Waals surface area contributed by atoms with Gasteiger partial charge in [-0.3, -0.25) is 4.79 Å². The van der Waals surface area contributed by atoms with Crippen LogP contribution in [0, 0.1) is 5.92 Å². The highest BCUT2D eigenvalue weighted by molar-refractivity contribution is 5.69. The van der Waals surface area contributed by atoms with Gasteiger partial charge in [0.25, 0.3) is 0 Å². The summed E-state index contributed by atoms with van der Waals surface area (Å²) in [6, 6.07) is 0. The lowest BCUT2D eigenvalue weighted by atomic mass is 9.94. The molecule has 196 valence electrons. The quantitative estimate of drug-likeness (QED) is 0.0969. The number of aliphatic carboxylic acids is 1. The van der Waals surface area contributed by atoms with Gasteiger partial charge in [0, 0.05) is 0 Å². The van der Waals surface area contributed by atoms with E-state index in [-0.39, 0.29) is 5.92 Å². The number of unbranched alkanes of at least 4 members (excludes halogenated alkanes) is 20. The van der Waals surface area contributed by atoms with Crippen molar-refractivity contribution in [3.05, 3.63) is 12.2 Å². The first-order valence-corrected chi connectivity index (χ1v) is 15.1. The normalized spacial score (nSPS) is 12.5. The molecule has 0 rings (SSSR count). The molecule has 0 spiro atoms. The molecule has 0 fully saturated rings. The van der Waals surface area contributed by atoms with Gasteiger partial charge in [-0.05, 0) is 38.5 Å². The largest absolute Gasteiger partial charge is 0.481 e. The Morgan fingerprint density at radius 2 is 0.818 bits per heavy atom. The van der Waals surface area contributed by atoms with E-state index >= 15 is 0 Å². The maximum atomic E-state index is 11.6. The molecule has 0 radical (unpaired) electrons. The van der Waals surface area contributed by atoms with Crippen molar-refractivity contribution in [3.8, 4) is 0 Å². The molecule has 0 bridgehead atoms. The standard InChI is InChI=1S/C31H60O2/c1-3-5-7-9-11-13-14-15-16-17-18-19-21-23-25-27-29-30(31(32)33)28-26-24-22-20-12-10-8-6-4-2/h15-16,30H,3-14,17-29H2,1-2H3,(H,32,33). The Kier molecular flexibility index (Phi) is 26.8. The van der Waals surface area contributed by atoms with Gasteiger partial charge in [-0.15, -0.1) is 0 Å². The lowest BCUT2D eigenvalue weighted by Crippen LogP contribution is -2.13. The SMILES string of the molecule is CCCCCCCCC=CCCCCCCCCC(CCCCCCCCCCC)C(=O)O. The van der Waals surface area contributed by atoms with Gasteiger partial charge in [0.15, 0.2) is 0 Å². The maximum Gasteiger partial charge on any atom is 0.306 e. The zero-order valence-corrected chi connectivity index (χ0v) is 22.8. The minimum absolute atomic E-state index is 0.105. The molecule has 1 N–H and O–H groups in total. The topological polar surface area (TPSA) is 37.3 Å². The summed E-state index contributed by atoms with van der Waals surface area (Å²) >= 11 is 0.